The van der Waals surface area contributed by atoms with E-state index >= 15 is 0 Å². The molecule has 0 heterocycles. The molecule has 0 spiro atoms. The van der Waals surface area contributed by atoms with E-state index in [1.807, 2.05) is 30.3 Å². The van der Waals surface area contributed by atoms with E-state index < -0.39 is 10.0 Å². The SMILES string of the molecule is NS(=O)(=O)c1ccc(CCNC(=O)Nc2ccc3c(c2)Cc2ccccc2-3)cc1. The Balaban J connectivity index is 1.31. The quantitative estimate of drug-likeness (QED) is 0.473. The van der Waals surface area contributed by atoms with Crippen LogP contribution in [-0.2, 0) is 22.9 Å². The highest BCUT2D eigenvalue weighted by Gasteiger charge is 2.18. The first kappa shape index (κ1) is 19.2. The average molecular weight is 407 g/mol. The van der Waals surface area contributed by atoms with Gasteiger partial charge in [0.05, 0.1) is 4.90 Å². The van der Waals surface area contributed by atoms with E-state index in [0.29, 0.717) is 13.0 Å². The van der Waals surface area contributed by atoms with Gasteiger partial charge in [0.15, 0.2) is 0 Å². The summed E-state index contributed by atoms with van der Waals surface area (Å²) < 4.78 is 22.5. The van der Waals surface area contributed by atoms with Crippen molar-refractivity contribution in [2.24, 2.45) is 5.14 Å². The van der Waals surface area contributed by atoms with Crippen molar-refractivity contribution in [1.82, 2.24) is 5.32 Å². The zero-order valence-electron chi connectivity index (χ0n) is 15.7. The van der Waals surface area contributed by atoms with E-state index in [2.05, 4.69) is 22.8 Å². The largest absolute Gasteiger partial charge is 0.338 e. The molecule has 6 nitrogen and oxygen atoms in total. The number of nitrogens with two attached hydrogens (primary N) is 1. The lowest BCUT2D eigenvalue weighted by molar-refractivity contribution is 0.252. The van der Waals surface area contributed by atoms with E-state index in [1.54, 1.807) is 12.1 Å². The van der Waals surface area contributed by atoms with Crippen LogP contribution in [0.1, 0.15) is 16.7 Å². The molecule has 0 aromatic heterocycles. The Hall–Kier alpha value is -3.16. The molecule has 29 heavy (non-hydrogen) atoms. The van der Waals surface area contributed by atoms with Crippen LogP contribution >= 0.6 is 0 Å². The summed E-state index contributed by atoms with van der Waals surface area (Å²) in [6.45, 7) is 0.428. The van der Waals surface area contributed by atoms with Crippen LogP contribution in [0.3, 0.4) is 0 Å². The highest BCUT2D eigenvalue weighted by atomic mass is 32.2. The molecule has 0 radical (unpaired) electrons. The molecule has 0 bridgehead atoms. The van der Waals surface area contributed by atoms with E-state index in [0.717, 1.165) is 17.7 Å². The Morgan fingerprint density at radius 2 is 1.66 bits per heavy atom. The Bertz CT molecular complexity index is 1170. The van der Waals surface area contributed by atoms with Gasteiger partial charge in [-0.15, -0.1) is 0 Å². The van der Waals surface area contributed by atoms with Crippen molar-refractivity contribution >= 4 is 21.7 Å². The Morgan fingerprint density at radius 1 is 0.931 bits per heavy atom. The van der Waals surface area contributed by atoms with Crippen LogP contribution in [0, 0.1) is 0 Å². The number of anilines is 1. The summed E-state index contributed by atoms with van der Waals surface area (Å²) in [5, 5.41) is 10.8. The van der Waals surface area contributed by atoms with Gasteiger partial charge < -0.3 is 10.6 Å². The molecular formula is C22H21N3O3S. The topological polar surface area (TPSA) is 101 Å². The second-order valence-corrected chi connectivity index (χ2v) is 8.59. The molecule has 3 aromatic carbocycles. The number of fused-ring (bicyclic) bond motifs is 3. The third-order valence-corrected chi connectivity index (χ3v) is 5.93. The highest BCUT2D eigenvalue weighted by Crippen LogP contribution is 2.37. The fraction of sp³-hybridized carbons (Fsp3) is 0.136. The van der Waals surface area contributed by atoms with E-state index in [9.17, 15) is 13.2 Å². The predicted octanol–water partition coefficient (Wildman–Crippen LogP) is 3.27. The molecule has 4 N–H and O–H groups in total. The molecule has 0 saturated carbocycles. The minimum absolute atomic E-state index is 0.0747. The smallest absolute Gasteiger partial charge is 0.319 e. The first-order chi connectivity index (χ1) is 13.9. The van der Waals surface area contributed by atoms with Gasteiger partial charge in [0.25, 0.3) is 0 Å². The van der Waals surface area contributed by atoms with Gasteiger partial charge in [0.1, 0.15) is 0 Å². The number of urea groups is 1. The number of amides is 2. The second kappa shape index (κ2) is 7.69. The molecule has 0 fully saturated rings. The number of carbonyl (C=O) groups is 1. The van der Waals surface area contributed by atoms with Gasteiger partial charge in [-0.2, -0.15) is 0 Å². The summed E-state index contributed by atoms with van der Waals surface area (Å²) in [5.41, 5.74) is 6.65. The lowest BCUT2D eigenvalue weighted by atomic mass is 10.1. The molecule has 4 rings (SSSR count). The number of benzene rings is 3. The van der Waals surface area contributed by atoms with E-state index in [4.69, 9.17) is 5.14 Å². The molecule has 1 aliphatic rings. The van der Waals surface area contributed by atoms with Crippen molar-refractivity contribution in [3.8, 4) is 11.1 Å². The minimum Gasteiger partial charge on any atom is -0.338 e. The summed E-state index contributed by atoms with van der Waals surface area (Å²) in [5.74, 6) is 0. The van der Waals surface area contributed by atoms with Crippen LogP contribution in [0.25, 0.3) is 11.1 Å². The number of carbonyl (C=O) groups excluding carboxylic acids is 1. The fourth-order valence-electron chi connectivity index (χ4n) is 3.56. The Morgan fingerprint density at radius 3 is 2.41 bits per heavy atom. The average Bonchev–Trinajstić information content (AvgIpc) is 3.05. The molecular weight excluding hydrogens is 386 g/mol. The number of sulfonamides is 1. The van der Waals surface area contributed by atoms with Gasteiger partial charge in [-0.05, 0) is 64.9 Å². The monoisotopic (exact) mass is 407 g/mol. The number of nitrogens with one attached hydrogen (secondary N) is 2. The molecule has 0 unspecified atom stereocenters. The first-order valence-electron chi connectivity index (χ1n) is 9.28. The number of primary sulfonamides is 1. The van der Waals surface area contributed by atoms with Crippen LogP contribution in [0.4, 0.5) is 10.5 Å². The van der Waals surface area contributed by atoms with Crippen molar-refractivity contribution in [3.05, 3.63) is 83.4 Å². The van der Waals surface area contributed by atoms with Gasteiger partial charge in [0.2, 0.25) is 10.0 Å². The standard InChI is InChI=1S/C22H21N3O3S/c23-29(27,28)19-8-5-15(6-9-19)11-12-24-22(26)25-18-7-10-21-17(14-18)13-16-3-1-2-4-20(16)21/h1-10,14H,11-13H2,(H2,23,27,28)(H2,24,25,26). The third-order valence-electron chi connectivity index (χ3n) is 5.00. The second-order valence-electron chi connectivity index (χ2n) is 7.03. The number of hydrogen-bond acceptors (Lipinski definition) is 3. The summed E-state index contributed by atoms with van der Waals surface area (Å²) in [7, 11) is -3.69. The summed E-state index contributed by atoms with van der Waals surface area (Å²) >= 11 is 0. The van der Waals surface area contributed by atoms with Gasteiger partial charge in [-0.3, -0.25) is 0 Å². The van der Waals surface area contributed by atoms with Gasteiger partial charge >= 0.3 is 6.03 Å². The third kappa shape index (κ3) is 4.31. The predicted molar refractivity (Wildman–Crippen MR) is 113 cm³/mol. The molecule has 0 atom stereocenters. The van der Waals surface area contributed by atoms with Crippen LogP contribution < -0.4 is 15.8 Å². The van der Waals surface area contributed by atoms with Crippen molar-refractivity contribution in [2.75, 3.05) is 11.9 Å². The van der Waals surface area contributed by atoms with Crippen molar-refractivity contribution < 1.29 is 13.2 Å². The summed E-state index contributed by atoms with van der Waals surface area (Å²) in [4.78, 5) is 12.3. The molecule has 2 amide bonds. The number of hydrogen-bond donors (Lipinski definition) is 3. The van der Waals surface area contributed by atoms with Crippen LogP contribution in [0.5, 0.6) is 0 Å². The summed E-state index contributed by atoms with van der Waals surface area (Å²) in [6, 6.07) is 20.3. The molecule has 0 saturated heterocycles. The van der Waals surface area contributed by atoms with E-state index in [1.165, 1.54) is 34.4 Å². The molecule has 148 valence electrons. The van der Waals surface area contributed by atoms with Crippen LogP contribution in [0.15, 0.2) is 71.6 Å². The Labute approximate surface area is 169 Å². The highest BCUT2D eigenvalue weighted by molar-refractivity contribution is 7.89. The maximum atomic E-state index is 12.2. The normalized spacial score (nSPS) is 12.2. The Kier molecular flexibility index (Phi) is 5.08. The van der Waals surface area contributed by atoms with Gasteiger partial charge in [0, 0.05) is 12.2 Å². The maximum absolute atomic E-state index is 12.2. The molecule has 1 aliphatic carbocycles. The lowest BCUT2D eigenvalue weighted by Crippen LogP contribution is -2.30. The van der Waals surface area contributed by atoms with Gasteiger partial charge in [-0.1, -0.05) is 42.5 Å². The molecule has 7 heteroatoms. The summed E-state index contributed by atoms with van der Waals surface area (Å²) in [6.07, 6.45) is 1.45. The van der Waals surface area contributed by atoms with Crippen LogP contribution in [0.2, 0.25) is 0 Å². The minimum atomic E-state index is -3.69. The van der Waals surface area contributed by atoms with Crippen LogP contribution in [-0.4, -0.2) is 21.0 Å². The maximum Gasteiger partial charge on any atom is 0.319 e. The fourth-order valence-corrected chi connectivity index (χ4v) is 4.08. The number of rotatable bonds is 5. The van der Waals surface area contributed by atoms with Crippen molar-refractivity contribution in [3.63, 3.8) is 0 Å². The molecule has 3 aromatic rings. The lowest BCUT2D eigenvalue weighted by Gasteiger charge is -2.09. The van der Waals surface area contributed by atoms with Gasteiger partial charge in [-0.25, -0.2) is 18.4 Å². The van der Waals surface area contributed by atoms with Crippen molar-refractivity contribution in [2.45, 2.75) is 17.7 Å². The zero-order chi connectivity index (χ0) is 20.4. The van der Waals surface area contributed by atoms with E-state index in [-0.39, 0.29) is 10.9 Å². The zero-order valence-corrected chi connectivity index (χ0v) is 16.5. The first-order valence-corrected chi connectivity index (χ1v) is 10.8. The molecule has 0 aliphatic heterocycles. The van der Waals surface area contributed by atoms with Crippen molar-refractivity contribution in [1.29, 1.82) is 0 Å².